The van der Waals surface area contributed by atoms with E-state index in [9.17, 15) is 0 Å². The van der Waals surface area contributed by atoms with Gasteiger partial charge in [-0.3, -0.25) is 0 Å². The van der Waals surface area contributed by atoms with Crippen molar-refractivity contribution < 1.29 is 0 Å². The van der Waals surface area contributed by atoms with Gasteiger partial charge in [-0.1, -0.05) is 30.1 Å². The number of halogens is 2. The Labute approximate surface area is 117 Å². The lowest BCUT2D eigenvalue weighted by Crippen LogP contribution is -2.46. The lowest BCUT2D eigenvalue weighted by Gasteiger charge is -2.35. The van der Waals surface area contributed by atoms with Gasteiger partial charge in [0.2, 0.25) is 0 Å². The molecule has 3 N–H and O–H groups in total. The summed E-state index contributed by atoms with van der Waals surface area (Å²) in [6, 6.07) is 1.67. The Morgan fingerprint density at radius 2 is 1.94 bits per heavy atom. The van der Waals surface area contributed by atoms with Crippen LogP contribution in [0.3, 0.4) is 0 Å². The number of hydrogen-bond acceptors (Lipinski definition) is 5. The molecule has 1 aliphatic rings. The van der Waals surface area contributed by atoms with E-state index in [-0.39, 0.29) is 0 Å². The molecule has 18 heavy (non-hydrogen) atoms. The average Bonchev–Trinajstić information content (AvgIpc) is 2.39. The number of nitrogen functional groups attached to an aromatic ring is 1. The van der Waals surface area contributed by atoms with Crippen LogP contribution in [0.4, 0.5) is 11.6 Å². The predicted molar refractivity (Wildman–Crippen MR) is 76.4 cm³/mol. The normalized spacial score (nSPS) is 17.0. The highest BCUT2D eigenvalue weighted by atomic mass is 35.5. The molecule has 1 aromatic heterocycles. The molecule has 0 aliphatic carbocycles. The van der Waals surface area contributed by atoms with Crippen molar-refractivity contribution in [3.8, 4) is 0 Å². The molecule has 5 nitrogen and oxygen atoms in total. The van der Waals surface area contributed by atoms with Crippen molar-refractivity contribution in [2.75, 3.05) is 43.0 Å². The SMILES string of the molecule is CCN1CCN(c2nc(NN)c(Cl)cc2Cl)CC1. The summed E-state index contributed by atoms with van der Waals surface area (Å²) in [7, 11) is 0. The quantitative estimate of drug-likeness (QED) is 0.657. The number of nitrogens with two attached hydrogens (primary N) is 1. The molecule has 0 spiro atoms. The number of likely N-dealkylation sites (N-methyl/N-ethyl adjacent to an activating group) is 1. The fraction of sp³-hybridized carbons (Fsp3) is 0.545. The van der Waals surface area contributed by atoms with E-state index in [0.717, 1.165) is 38.5 Å². The summed E-state index contributed by atoms with van der Waals surface area (Å²) in [5.74, 6) is 6.57. The third-order valence-electron chi connectivity index (χ3n) is 3.17. The zero-order chi connectivity index (χ0) is 13.1. The molecule has 2 rings (SSSR count). The molecule has 1 aromatic rings. The van der Waals surface area contributed by atoms with Crippen LogP contribution in [0.5, 0.6) is 0 Å². The van der Waals surface area contributed by atoms with Crippen LogP contribution in [0.1, 0.15) is 6.92 Å². The number of piperazine rings is 1. The molecular weight excluding hydrogens is 273 g/mol. The van der Waals surface area contributed by atoms with E-state index in [4.69, 9.17) is 29.0 Å². The van der Waals surface area contributed by atoms with Crippen LogP contribution in [0.25, 0.3) is 0 Å². The lowest BCUT2D eigenvalue weighted by molar-refractivity contribution is 0.270. The van der Waals surface area contributed by atoms with Gasteiger partial charge in [-0.2, -0.15) is 0 Å². The van der Waals surface area contributed by atoms with Crippen molar-refractivity contribution in [3.05, 3.63) is 16.1 Å². The molecule has 0 bridgehead atoms. The van der Waals surface area contributed by atoms with E-state index >= 15 is 0 Å². The molecule has 1 fully saturated rings. The van der Waals surface area contributed by atoms with Gasteiger partial charge in [-0.15, -0.1) is 0 Å². The summed E-state index contributed by atoms with van der Waals surface area (Å²) in [6.07, 6.45) is 0. The Kier molecular flexibility index (Phi) is 4.50. The Hall–Kier alpha value is -0.750. The first kappa shape index (κ1) is 13.7. The van der Waals surface area contributed by atoms with Crippen LogP contribution in [-0.2, 0) is 0 Å². The molecule has 1 aliphatic heterocycles. The first-order chi connectivity index (χ1) is 8.65. The summed E-state index contributed by atoms with van der Waals surface area (Å²) in [4.78, 5) is 8.92. The summed E-state index contributed by atoms with van der Waals surface area (Å²) in [6.45, 7) is 7.09. The fourth-order valence-corrected chi connectivity index (χ4v) is 2.59. The molecule has 1 saturated heterocycles. The molecule has 0 radical (unpaired) electrons. The predicted octanol–water partition coefficient (Wildman–Crippen LogP) is 1.82. The van der Waals surface area contributed by atoms with Crippen LogP contribution in [-0.4, -0.2) is 42.6 Å². The van der Waals surface area contributed by atoms with Crippen LogP contribution < -0.4 is 16.2 Å². The molecule has 7 heteroatoms. The maximum absolute atomic E-state index is 6.19. The first-order valence-electron chi connectivity index (χ1n) is 5.95. The third kappa shape index (κ3) is 2.80. The van der Waals surface area contributed by atoms with Crippen molar-refractivity contribution in [1.82, 2.24) is 9.88 Å². The topological polar surface area (TPSA) is 57.4 Å². The standard InChI is InChI=1S/C11H17Cl2N5/c1-2-17-3-5-18(6-4-17)11-9(13)7-8(12)10(15-11)16-14/h7H,2-6,14H2,1H3,(H,15,16). The number of nitrogens with one attached hydrogen (secondary N) is 1. The van der Waals surface area contributed by atoms with Crippen molar-refractivity contribution in [2.24, 2.45) is 5.84 Å². The number of nitrogens with zero attached hydrogens (tertiary/aromatic N) is 3. The van der Waals surface area contributed by atoms with Crippen molar-refractivity contribution in [3.63, 3.8) is 0 Å². The maximum atomic E-state index is 6.19. The second-order valence-corrected chi connectivity index (χ2v) is 5.00. The Morgan fingerprint density at radius 1 is 1.28 bits per heavy atom. The van der Waals surface area contributed by atoms with Gasteiger partial charge in [0.1, 0.15) is 5.82 Å². The summed E-state index contributed by atoms with van der Waals surface area (Å²) in [5.41, 5.74) is 2.48. The van der Waals surface area contributed by atoms with Crippen LogP contribution in [0.15, 0.2) is 6.07 Å². The molecule has 100 valence electrons. The fourth-order valence-electron chi connectivity index (χ4n) is 2.06. The van der Waals surface area contributed by atoms with Crippen LogP contribution in [0.2, 0.25) is 10.0 Å². The Balaban J connectivity index is 2.18. The van der Waals surface area contributed by atoms with E-state index < -0.39 is 0 Å². The van der Waals surface area contributed by atoms with E-state index in [2.05, 4.69) is 27.1 Å². The van der Waals surface area contributed by atoms with Crippen LogP contribution in [0, 0.1) is 0 Å². The number of pyridine rings is 1. The first-order valence-corrected chi connectivity index (χ1v) is 6.71. The number of anilines is 2. The summed E-state index contributed by atoms with van der Waals surface area (Å²) < 4.78 is 0. The monoisotopic (exact) mass is 289 g/mol. The smallest absolute Gasteiger partial charge is 0.161 e. The molecule has 0 unspecified atom stereocenters. The van der Waals surface area contributed by atoms with Gasteiger partial charge in [-0.25, -0.2) is 10.8 Å². The van der Waals surface area contributed by atoms with Crippen molar-refractivity contribution in [2.45, 2.75) is 6.92 Å². The summed E-state index contributed by atoms with van der Waals surface area (Å²) in [5, 5.41) is 0.988. The number of rotatable bonds is 3. The van der Waals surface area contributed by atoms with Crippen molar-refractivity contribution >= 4 is 34.8 Å². The number of aromatic nitrogens is 1. The van der Waals surface area contributed by atoms with Gasteiger partial charge in [0.15, 0.2) is 5.82 Å². The Bertz CT molecular complexity index is 418. The second-order valence-electron chi connectivity index (χ2n) is 4.19. The molecule has 0 amide bonds. The van der Waals surface area contributed by atoms with Gasteiger partial charge < -0.3 is 15.2 Å². The van der Waals surface area contributed by atoms with Gasteiger partial charge in [0.05, 0.1) is 10.0 Å². The lowest BCUT2D eigenvalue weighted by atomic mass is 10.3. The van der Waals surface area contributed by atoms with E-state index in [1.54, 1.807) is 6.07 Å². The largest absolute Gasteiger partial charge is 0.353 e. The highest BCUT2D eigenvalue weighted by molar-refractivity contribution is 6.37. The number of hydrogen-bond donors (Lipinski definition) is 2. The zero-order valence-corrected chi connectivity index (χ0v) is 11.8. The minimum atomic E-state index is 0.429. The molecule has 0 saturated carbocycles. The molecule has 0 atom stereocenters. The second kappa shape index (κ2) is 5.93. The van der Waals surface area contributed by atoms with E-state index in [1.807, 2.05) is 0 Å². The summed E-state index contributed by atoms with van der Waals surface area (Å²) >= 11 is 12.2. The van der Waals surface area contributed by atoms with Crippen LogP contribution >= 0.6 is 23.2 Å². The van der Waals surface area contributed by atoms with Gasteiger partial charge in [-0.05, 0) is 12.6 Å². The average molecular weight is 290 g/mol. The zero-order valence-electron chi connectivity index (χ0n) is 10.3. The highest BCUT2D eigenvalue weighted by Crippen LogP contribution is 2.31. The Morgan fingerprint density at radius 3 is 2.50 bits per heavy atom. The minimum Gasteiger partial charge on any atom is -0.353 e. The third-order valence-corrected chi connectivity index (χ3v) is 3.73. The van der Waals surface area contributed by atoms with Gasteiger partial charge in [0.25, 0.3) is 0 Å². The molecular formula is C11H17Cl2N5. The van der Waals surface area contributed by atoms with Crippen molar-refractivity contribution in [1.29, 1.82) is 0 Å². The highest BCUT2D eigenvalue weighted by Gasteiger charge is 2.20. The minimum absolute atomic E-state index is 0.429. The maximum Gasteiger partial charge on any atom is 0.161 e. The molecule has 2 heterocycles. The van der Waals surface area contributed by atoms with E-state index in [0.29, 0.717) is 15.9 Å². The van der Waals surface area contributed by atoms with Gasteiger partial charge in [0, 0.05) is 26.2 Å². The molecule has 0 aromatic carbocycles. The van der Waals surface area contributed by atoms with E-state index in [1.165, 1.54) is 0 Å². The number of hydrazine groups is 1. The van der Waals surface area contributed by atoms with Gasteiger partial charge >= 0.3 is 0 Å².